The quantitative estimate of drug-likeness (QED) is 0.821. The fourth-order valence-corrected chi connectivity index (χ4v) is 3.62. The second-order valence-electron chi connectivity index (χ2n) is 3.84. The van der Waals surface area contributed by atoms with Crippen LogP contribution in [0.4, 0.5) is 0 Å². The number of aromatic nitrogens is 1. The van der Waals surface area contributed by atoms with Gasteiger partial charge in [0, 0.05) is 5.38 Å². The van der Waals surface area contributed by atoms with Crippen molar-refractivity contribution in [1.82, 2.24) is 4.98 Å². The highest BCUT2D eigenvalue weighted by atomic mass is 35.5. The van der Waals surface area contributed by atoms with E-state index in [1.165, 1.54) is 11.3 Å². The highest BCUT2D eigenvalue weighted by molar-refractivity contribution is 7.23. The molecule has 0 N–H and O–H groups in total. The van der Waals surface area contributed by atoms with Gasteiger partial charge >= 0.3 is 0 Å². The van der Waals surface area contributed by atoms with Gasteiger partial charge in [-0.25, -0.2) is 4.98 Å². The molecular weight excluding hydrogens is 260 g/mol. The molecule has 0 radical (unpaired) electrons. The van der Waals surface area contributed by atoms with Crippen LogP contribution in [0.2, 0.25) is 4.34 Å². The lowest BCUT2D eigenvalue weighted by Crippen LogP contribution is -2.02. The second kappa shape index (κ2) is 3.56. The van der Waals surface area contributed by atoms with E-state index in [-0.39, 0.29) is 5.41 Å². The summed E-state index contributed by atoms with van der Waals surface area (Å²) in [4.78, 5) is 5.63. The summed E-state index contributed by atoms with van der Waals surface area (Å²) < 4.78 is 0.771. The first-order valence-electron chi connectivity index (χ1n) is 4.86. The number of thiazole rings is 1. The van der Waals surface area contributed by atoms with Gasteiger partial charge in [0.15, 0.2) is 0 Å². The van der Waals surface area contributed by atoms with Crippen LogP contribution in [0.25, 0.3) is 9.88 Å². The Morgan fingerprint density at radius 1 is 1.44 bits per heavy atom. The van der Waals surface area contributed by atoms with Crippen LogP contribution in [0.5, 0.6) is 0 Å². The number of thiophene rings is 1. The minimum atomic E-state index is -0.282. The van der Waals surface area contributed by atoms with Crippen LogP contribution >= 0.6 is 34.3 Å². The fourth-order valence-electron chi connectivity index (χ4n) is 1.59. The van der Waals surface area contributed by atoms with E-state index in [0.29, 0.717) is 0 Å². The van der Waals surface area contributed by atoms with Crippen LogP contribution in [0.1, 0.15) is 18.5 Å². The lowest BCUT2D eigenvalue weighted by molar-refractivity contribution is 0.869. The van der Waals surface area contributed by atoms with Crippen molar-refractivity contribution in [2.45, 2.75) is 18.3 Å². The van der Waals surface area contributed by atoms with E-state index in [4.69, 9.17) is 16.9 Å². The van der Waals surface area contributed by atoms with Gasteiger partial charge in [0.25, 0.3) is 0 Å². The van der Waals surface area contributed by atoms with Crippen LogP contribution in [-0.2, 0) is 5.41 Å². The van der Waals surface area contributed by atoms with Crippen molar-refractivity contribution in [1.29, 1.82) is 5.26 Å². The van der Waals surface area contributed by atoms with Gasteiger partial charge in [-0.1, -0.05) is 11.6 Å². The molecule has 16 heavy (non-hydrogen) atoms. The van der Waals surface area contributed by atoms with Crippen LogP contribution in [-0.4, -0.2) is 4.98 Å². The number of nitrogens with zero attached hydrogens (tertiary/aromatic N) is 2. The van der Waals surface area contributed by atoms with Gasteiger partial charge in [-0.3, -0.25) is 0 Å². The zero-order valence-electron chi connectivity index (χ0n) is 8.24. The normalized spacial score (nSPS) is 17.0. The van der Waals surface area contributed by atoms with E-state index in [1.54, 1.807) is 11.3 Å². The van der Waals surface area contributed by atoms with E-state index < -0.39 is 0 Å². The largest absolute Gasteiger partial charge is 0.239 e. The molecule has 2 aromatic heterocycles. The minimum absolute atomic E-state index is 0.282. The van der Waals surface area contributed by atoms with Crippen molar-refractivity contribution < 1.29 is 0 Å². The number of rotatable bonds is 2. The molecule has 3 rings (SSSR count). The van der Waals surface area contributed by atoms with E-state index >= 15 is 0 Å². The molecule has 0 saturated heterocycles. The average Bonchev–Trinajstić information content (AvgIpc) is 2.74. The Labute approximate surface area is 106 Å². The van der Waals surface area contributed by atoms with Crippen molar-refractivity contribution in [3.63, 3.8) is 0 Å². The van der Waals surface area contributed by atoms with E-state index in [1.807, 2.05) is 17.5 Å². The number of nitriles is 1. The number of halogens is 1. The van der Waals surface area contributed by atoms with Crippen LogP contribution in [0.15, 0.2) is 17.5 Å². The Bertz CT molecular complexity index is 575. The summed E-state index contributed by atoms with van der Waals surface area (Å²) >= 11 is 9.00. The van der Waals surface area contributed by atoms with E-state index in [9.17, 15) is 0 Å². The number of hydrogen-bond donors (Lipinski definition) is 0. The molecule has 0 bridgehead atoms. The maximum atomic E-state index is 9.09. The summed E-state index contributed by atoms with van der Waals surface area (Å²) in [6.45, 7) is 0. The molecule has 0 aromatic carbocycles. The van der Waals surface area contributed by atoms with Gasteiger partial charge in [-0.2, -0.15) is 5.26 Å². The van der Waals surface area contributed by atoms with Crippen LogP contribution in [0, 0.1) is 11.3 Å². The molecule has 1 fully saturated rings. The van der Waals surface area contributed by atoms with Crippen molar-refractivity contribution in [2.75, 3.05) is 0 Å². The Morgan fingerprint density at radius 3 is 2.81 bits per heavy atom. The second-order valence-corrected chi connectivity index (χ2v) is 6.41. The fraction of sp³-hybridized carbons (Fsp3) is 0.273. The van der Waals surface area contributed by atoms with Crippen LogP contribution in [0.3, 0.4) is 0 Å². The van der Waals surface area contributed by atoms with Gasteiger partial charge in [-0.15, -0.1) is 22.7 Å². The summed E-state index contributed by atoms with van der Waals surface area (Å²) in [6, 6.07) is 6.21. The molecular formula is C11H7ClN2S2. The molecule has 2 aromatic rings. The molecule has 2 nitrogen and oxygen atoms in total. The Balaban J connectivity index is 1.97. The first-order valence-corrected chi connectivity index (χ1v) is 6.94. The maximum absolute atomic E-state index is 9.09. The third kappa shape index (κ3) is 1.56. The number of hydrogen-bond acceptors (Lipinski definition) is 4. The Hall–Kier alpha value is -0.890. The third-order valence-electron chi connectivity index (χ3n) is 2.74. The molecule has 0 amide bonds. The summed E-state index contributed by atoms with van der Waals surface area (Å²) in [5, 5.41) is 12.1. The van der Waals surface area contributed by atoms with Crippen molar-refractivity contribution >= 4 is 34.3 Å². The topological polar surface area (TPSA) is 36.7 Å². The van der Waals surface area contributed by atoms with Gasteiger partial charge in [-0.05, 0) is 25.0 Å². The molecule has 2 heterocycles. The first kappa shape index (κ1) is 10.3. The van der Waals surface area contributed by atoms with E-state index in [2.05, 4.69) is 11.1 Å². The van der Waals surface area contributed by atoms with Crippen molar-refractivity contribution in [2.24, 2.45) is 0 Å². The highest BCUT2D eigenvalue weighted by Gasteiger charge is 2.47. The molecule has 80 valence electrons. The molecule has 1 aliphatic rings. The predicted octanol–water partition coefficient (Wildman–Crippen LogP) is 4.08. The lowest BCUT2D eigenvalue weighted by Gasteiger charge is -1.97. The average molecular weight is 267 g/mol. The summed E-state index contributed by atoms with van der Waals surface area (Å²) in [5.41, 5.74) is 0.648. The highest BCUT2D eigenvalue weighted by Crippen LogP contribution is 2.48. The smallest absolute Gasteiger partial charge is 0.133 e. The monoisotopic (exact) mass is 266 g/mol. The lowest BCUT2D eigenvalue weighted by atomic mass is 10.1. The minimum Gasteiger partial charge on any atom is -0.239 e. The zero-order chi connectivity index (χ0) is 11.2. The predicted molar refractivity (Wildman–Crippen MR) is 67.0 cm³/mol. The summed E-state index contributed by atoms with van der Waals surface area (Å²) in [5.74, 6) is 0. The summed E-state index contributed by atoms with van der Waals surface area (Å²) in [6.07, 6.45) is 1.88. The summed E-state index contributed by atoms with van der Waals surface area (Å²) in [7, 11) is 0. The zero-order valence-corrected chi connectivity index (χ0v) is 10.6. The van der Waals surface area contributed by atoms with Gasteiger partial charge < -0.3 is 0 Å². The van der Waals surface area contributed by atoms with Gasteiger partial charge in [0.05, 0.1) is 21.0 Å². The van der Waals surface area contributed by atoms with Crippen molar-refractivity contribution in [3.05, 3.63) is 27.5 Å². The molecule has 0 spiro atoms. The molecule has 0 atom stereocenters. The third-order valence-corrected chi connectivity index (χ3v) is 4.99. The van der Waals surface area contributed by atoms with Gasteiger partial charge in [0.1, 0.15) is 10.4 Å². The molecule has 1 saturated carbocycles. The van der Waals surface area contributed by atoms with E-state index in [0.717, 1.165) is 32.8 Å². The van der Waals surface area contributed by atoms with Crippen LogP contribution < -0.4 is 0 Å². The Morgan fingerprint density at radius 2 is 2.25 bits per heavy atom. The molecule has 0 aliphatic heterocycles. The first-order chi connectivity index (χ1) is 7.73. The SMILES string of the molecule is N#CC1(c2csc(-c3ccc(Cl)s3)n2)CC1. The molecule has 1 aliphatic carbocycles. The molecule has 5 heteroatoms. The maximum Gasteiger partial charge on any atom is 0.133 e. The van der Waals surface area contributed by atoms with Crippen molar-refractivity contribution in [3.8, 4) is 16.0 Å². The standard InChI is InChI=1S/C11H7ClN2S2/c12-9-2-1-7(16-9)10-14-8(5-15-10)11(6-13)3-4-11/h1-2,5H,3-4H2. The Kier molecular flexibility index (Phi) is 2.28. The van der Waals surface area contributed by atoms with Gasteiger partial charge in [0.2, 0.25) is 0 Å². The molecule has 0 unspecified atom stereocenters.